The standard InChI is InChI=1S/C23H20N2O4S2/c1-4-11-29-22(27)19-14(2)24-23-25(20(19)15-7-9-16(28-3)10-8-15)21(26)18(31-23)13-17-6-5-12-30-17/h4-10,12-13,20H,1,11H2,2-3H3/b18-13+/t20-/m0/s1. The minimum atomic E-state index is -0.648. The van der Waals surface area contributed by atoms with Crippen LogP contribution in [0.15, 0.2) is 75.5 Å². The Morgan fingerprint density at radius 3 is 2.71 bits per heavy atom. The molecule has 31 heavy (non-hydrogen) atoms. The molecule has 2 aromatic heterocycles. The Morgan fingerprint density at radius 2 is 2.06 bits per heavy atom. The number of rotatable bonds is 6. The summed E-state index contributed by atoms with van der Waals surface area (Å²) in [7, 11) is 1.59. The molecule has 0 unspecified atom stereocenters. The molecule has 1 aromatic carbocycles. The molecule has 0 N–H and O–H groups in total. The molecule has 0 radical (unpaired) electrons. The van der Waals surface area contributed by atoms with Gasteiger partial charge in [-0.25, -0.2) is 9.79 Å². The van der Waals surface area contributed by atoms with E-state index in [1.54, 1.807) is 42.1 Å². The van der Waals surface area contributed by atoms with E-state index >= 15 is 0 Å². The van der Waals surface area contributed by atoms with Gasteiger partial charge in [0.1, 0.15) is 12.4 Å². The minimum Gasteiger partial charge on any atom is -0.497 e. The number of thiophene rings is 1. The number of carbonyl (C=O) groups excluding carboxylic acids is 1. The highest BCUT2D eigenvalue weighted by molar-refractivity contribution is 7.11. The highest BCUT2D eigenvalue weighted by Crippen LogP contribution is 2.31. The Labute approximate surface area is 186 Å². The van der Waals surface area contributed by atoms with Crippen molar-refractivity contribution in [1.82, 2.24) is 4.57 Å². The Morgan fingerprint density at radius 1 is 1.29 bits per heavy atom. The predicted octanol–water partition coefficient (Wildman–Crippen LogP) is 3.03. The van der Waals surface area contributed by atoms with E-state index in [2.05, 4.69) is 11.6 Å². The van der Waals surface area contributed by atoms with Gasteiger partial charge in [0, 0.05) is 4.88 Å². The molecule has 3 aromatic rings. The Hall–Kier alpha value is -3.23. The highest BCUT2D eigenvalue weighted by Gasteiger charge is 2.33. The maximum Gasteiger partial charge on any atom is 0.338 e. The summed E-state index contributed by atoms with van der Waals surface area (Å²) in [6.45, 7) is 5.43. The van der Waals surface area contributed by atoms with Crippen molar-refractivity contribution in [2.45, 2.75) is 13.0 Å². The molecule has 0 bridgehead atoms. The lowest BCUT2D eigenvalue weighted by molar-refractivity contribution is -0.138. The zero-order chi connectivity index (χ0) is 22.0. The van der Waals surface area contributed by atoms with Crippen molar-refractivity contribution >= 4 is 34.7 Å². The lowest BCUT2D eigenvalue weighted by Gasteiger charge is -2.24. The van der Waals surface area contributed by atoms with E-state index < -0.39 is 12.0 Å². The van der Waals surface area contributed by atoms with E-state index in [1.165, 1.54) is 17.4 Å². The molecule has 1 atom stereocenters. The summed E-state index contributed by atoms with van der Waals surface area (Å²) in [6.07, 6.45) is 3.36. The van der Waals surface area contributed by atoms with Gasteiger partial charge in [-0.1, -0.05) is 42.2 Å². The van der Waals surface area contributed by atoms with E-state index in [-0.39, 0.29) is 12.2 Å². The summed E-state index contributed by atoms with van der Waals surface area (Å²) in [5.41, 5.74) is 1.44. The number of aromatic nitrogens is 1. The zero-order valence-electron chi connectivity index (χ0n) is 17.0. The first-order chi connectivity index (χ1) is 15.0. The van der Waals surface area contributed by atoms with Gasteiger partial charge in [-0.2, -0.15) is 0 Å². The molecule has 3 heterocycles. The predicted molar refractivity (Wildman–Crippen MR) is 122 cm³/mol. The van der Waals surface area contributed by atoms with Gasteiger partial charge in [0.05, 0.1) is 29.0 Å². The Balaban J connectivity index is 1.93. The fourth-order valence-electron chi connectivity index (χ4n) is 3.40. The number of carbonyl (C=O) groups is 1. The molecule has 1 aliphatic heterocycles. The lowest BCUT2D eigenvalue weighted by atomic mass is 9.96. The van der Waals surface area contributed by atoms with E-state index in [0.717, 1.165) is 10.4 Å². The number of ether oxygens (including phenoxy) is 2. The van der Waals surface area contributed by atoms with Crippen molar-refractivity contribution in [3.63, 3.8) is 0 Å². The third-order valence-corrected chi connectivity index (χ3v) is 6.62. The molecule has 8 heteroatoms. The fourth-order valence-corrected chi connectivity index (χ4v) is 5.17. The number of hydrogen-bond acceptors (Lipinski definition) is 7. The quantitative estimate of drug-likeness (QED) is 0.426. The molecule has 0 saturated heterocycles. The van der Waals surface area contributed by atoms with Crippen LogP contribution < -0.4 is 19.6 Å². The summed E-state index contributed by atoms with van der Waals surface area (Å²) in [5, 5.41) is 1.96. The van der Waals surface area contributed by atoms with Crippen molar-refractivity contribution < 1.29 is 14.3 Å². The first-order valence-electron chi connectivity index (χ1n) is 9.51. The van der Waals surface area contributed by atoms with Crippen molar-refractivity contribution in [3.8, 4) is 5.75 Å². The lowest BCUT2D eigenvalue weighted by Crippen LogP contribution is -2.39. The molecule has 6 nitrogen and oxygen atoms in total. The van der Waals surface area contributed by atoms with Crippen LogP contribution in [0.2, 0.25) is 0 Å². The Bertz CT molecular complexity index is 1330. The number of fused-ring (bicyclic) bond motifs is 1. The highest BCUT2D eigenvalue weighted by atomic mass is 32.1. The van der Waals surface area contributed by atoms with Crippen LogP contribution in [0.5, 0.6) is 5.75 Å². The number of allylic oxidation sites excluding steroid dienone is 1. The number of esters is 1. The first kappa shape index (κ1) is 21.0. The third kappa shape index (κ3) is 4.04. The van der Waals surface area contributed by atoms with Gasteiger partial charge < -0.3 is 9.47 Å². The van der Waals surface area contributed by atoms with E-state index in [4.69, 9.17) is 9.47 Å². The largest absolute Gasteiger partial charge is 0.497 e. The second-order valence-corrected chi connectivity index (χ2v) is 8.75. The molecule has 4 rings (SSSR count). The zero-order valence-corrected chi connectivity index (χ0v) is 18.7. The number of hydrogen-bond donors (Lipinski definition) is 0. The summed E-state index contributed by atoms with van der Waals surface area (Å²) >= 11 is 2.86. The molecule has 0 spiro atoms. The van der Waals surface area contributed by atoms with Crippen molar-refractivity contribution in [2.24, 2.45) is 4.99 Å². The average Bonchev–Trinajstić information content (AvgIpc) is 3.39. The summed E-state index contributed by atoms with van der Waals surface area (Å²) in [4.78, 5) is 32.4. The normalized spacial score (nSPS) is 15.9. The van der Waals surface area contributed by atoms with Crippen LogP contribution in [-0.4, -0.2) is 24.3 Å². The van der Waals surface area contributed by atoms with Gasteiger partial charge in [-0.15, -0.1) is 11.3 Å². The first-order valence-corrected chi connectivity index (χ1v) is 11.2. The van der Waals surface area contributed by atoms with Crippen LogP contribution in [0, 0.1) is 0 Å². The maximum atomic E-state index is 13.4. The van der Waals surface area contributed by atoms with Crippen LogP contribution in [0.4, 0.5) is 0 Å². The molecule has 0 amide bonds. The smallest absolute Gasteiger partial charge is 0.338 e. The second-order valence-electron chi connectivity index (χ2n) is 6.76. The third-order valence-electron chi connectivity index (χ3n) is 4.82. The summed E-state index contributed by atoms with van der Waals surface area (Å²) < 4.78 is 12.7. The topological polar surface area (TPSA) is 69.9 Å². The summed E-state index contributed by atoms with van der Waals surface area (Å²) in [5.74, 6) is 0.167. The van der Waals surface area contributed by atoms with Crippen molar-refractivity contribution in [2.75, 3.05) is 13.7 Å². The molecule has 0 saturated carbocycles. The van der Waals surface area contributed by atoms with Crippen LogP contribution in [0.25, 0.3) is 6.08 Å². The molecule has 158 valence electrons. The van der Waals surface area contributed by atoms with Crippen molar-refractivity contribution in [3.05, 3.63) is 95.8 Å². The maximum absolute atomic E-state index is 13.4. The molecule has 1 aliphatic rings. The minimum absolute atomic E-state index is 0.0771. The number of benzene rings is 1. The van der Waals surface area contributed by atoms with Crippen LogP contribution in [0.1, 0.15) is 23.4 Å². The van der Waals surface area contributed by atoms with Gasteiger partial charge >= 0.3 is 5.97 Å². The van der Waals surface area contributed by atoms with Gasteiger partial charge in [0.15, 0.2) is 4.80 Å². The average molecular weight is 453 g/mol. The molecule has 0 aliphatic carbocycles. The SMILES string of the molecule is C=CCOC(=O)C1=C(C)N=c2s/c(=C/c3cccs3)c(=O)n2[C@H]1c1ccc(OC)cc1. The summed E-state index contributed by atoms with van der Waals surface area (Å²) in [6, 6.07) is 10.5. The van der Waals surface area contributed by atoms with Crippen molar-refractivity contribution in [1.29, 1.82) is 0 Å². The second kappa shape index (κ2) is 8.87. The van der Waals surface area contributed by atoms with Crippen LogP contribution in [0.3, 0.4) is 0 Å². The monoisotopic (exact) mass is 452 g/mol. The van der Waals surface area contributed by atoms with E-state index in [0.29, 0.717) is 26.4 Å². The van der Waals surface area contributed by atoms with Gasteiger partial charge in [-0.3, -0.25) is 9.36 Å². The number of thiazole rings is 1. The molecular formula is C23H20N2O4S2. The number of nitrogens with zero attached hydrogens (tertiary/aromatic N) is 2. The van der Waals surface area contributed by atoms with Crippen LogP contribution >= 0.6 is 22.7 Å². The van der Waals surface area contributed by atoms with Gasteiger partial charge in [-0.05, 0) is 42.1 Å². The Kier molecular flexibility index (Phi) is 6.01. The van der Waals surface area contributed by atoms with Crippen LogP contribution in [-0.2, 0) is 9.53 Å². The van der Waals surface area contributed by atoms with E-state index in [1.807, 2.05) is 35.7 Å². The molecule has 0 fully saturated rings. The van der Waals surface area contributed by atoms with Gasteiger partial charge in [0.25, 0.3) is 5.56 Å². The van der Waals surface area contributed by atoms with Gasteiger partial charge in [0.2, 0.25) is 0 Å². The fraction of sp³-hybridized carbons (Fsp3) is 0.174. The number of methoxy groups -OCH3 is 1. The van der Waals surface area contributed by atoms with E-state index in [9.17, 15) is 9.59 Å². The molecular weight excluding hydrogens is 432 g/mol.